The number of aromatic nitrogens is 1. The van der Waals surface area contributed by atoms with Crippen LogP contribution in [-0.2, 0) is 19.4 Å². The van der Waals surface area contributed by atoms with Gasteiger partial charge in [0.15, 0.2) is 0 Å². The Morgan fingerprint density at radius 3 is 3.18 bits per heavy atom. The molecule has 0 radical (unpaired) electrons. The number of fused-ring (bicyclic) bond motifs is 1. The summed E-state index contributed by atoms with van der Waals surface area (Å²) in [7, 11) is 0. The molecule has 2 N–H and O–H groups in total. The summed E-state index contributed by atoms with van der Waals surface area (Å²) in [5, 5.41) is 6.61. The quantitative estimate of drug-likeness (QED) is 0.909. The fourth-order valence-corrected chi connectivity index (χ4v) is 3.16. The molecule has 2 aromatic rings. The number of amides is 2. The number of anilines is 1. The normalized spacial score (nSPS) is 13.1. The first-order valence-corrected chi connectivity index (χ1v) is 8.30. The van der Waals surface area contributed by atoms with Crippen LogP contribution in [0, 0.1) is 0 Å². The van der Waals surface area contributed by atoms with Gasteiger partial charge in [-0.05, 0) is 43.0 Å². The minimum absolute atomic E-state index is 0.218. The van der Waals surface area contributed by atoms with Crippen LogP contribution in [0.3, 0.4) is 0 Å². The Bertz CT molecular complexity index is 669. The summed E-state index contributed by atoms with van der Waals surface area (Å²) in [6, 6.07) is 5.54. The van der Waals surface area contributed by atoms with Gasteiger partial charge in [0.05, 0.1) is 13.2 Å². The second-order valence-electron chi connectivity index (χ2n) is 5.16. The summed E-state index contributed by atoms with van der Waals surface area (Å²) < 4.78 is 5.57. The van der Waals surface area contributed by atoms with Crippen molar-refractivity contribution in [3.63, 3.8) is 0 Å². The van der Waals surface area contributed by atoms with Crippen LogP contribution in [0.1, 0.15) is 28.8 Å². The largest absolute Gasteiger partial charge is 0.493 e. The first-order valence-electron chi connectivity index (χ1n) is 7.49. The minimum Gasteiger partial charge on any atom is -0.493 e. The number of carbonyl (C=O) groups is 1. The summed E-state index contributed by atoms with van der Waals surface area (Å²) in [4.78, 5) is 17.5. The number of hydrogen-bond acceptors (Lipinski definition) is 4. The molecule has 3 rings (SSSR count). The predicted octanol–water partition coefficient (Wildman–Crippen LogP) is 3.35. The van der Waals surface area contributed by atoms with Gasteiger partial charge in [-0.2, -0.15) is 0 Å². The second kappa shape index (κ2) is 6.79. The molecule has 2 heterocycles. The van der Waals surface area contributed by atoms with Gasteiger partial charge in [0.25, 0.3) is 0 Å². The van der Waals surface area contributed by atoms with Gasteiger partial charge < -0.3 is 15.4 Å². The van der Waals surface area contributed by atoms with Gasteiger partial charge in [-0.3, -0.25) is 0 Å². The first-order chi connectivity index (χ1) is 10.7. The van der Waals surface area contributed by atoms with E-state index < -0.39 is 0 Å². The highest BCUT2D eigenvalue weighted by molar-refractivity contribution is 7.11. The molecule has 2 amide bonds. The Hall–Kier alpha value is -2.08. The molecule has 0 saturated heterocycles. The molecule has 6 heteroatoms. The maximum atomic E-state index is 12.0. The highest BCUT2D eigenvalue weighted by Crippen LogP contribution is 2.27. The van der Waals surface area contributed by atoms with Crippen LogP contribution in [-0.4, -0.2) is 17.6 Å². The maximum Gasteiger partial charge on any atom is 0.319 e. The molecule has 5 nitrogen and oxygen atoms in total. The van der Waals surface area contributed by atoms with Crippen LogP contribution >= 0.6 is 11.3 Å². The van der Waals surface area contributed by atoms with E-state index in [1.165, 1.54) is 4.88 Å². The van der Waals surface area contributed by atoms with Crippen molar-refractivity contribution in [1.82, 2.24) is 10.3 Å². The Labute approximate surface area is 133 Å². The Morgan fingerprint density at radius 1 is 1.45 bits per heavy atom. The number of ether oxygens (including phenoxy) is 1. The lowest BCUT2D eigenvalue weighted by Gasteiger charge is -2.18. The standard InChI is InChI=1S/C16H19N3O2S/c1-2-13-9-17-15(22-13)10-18-16(20)19-12-5-6-14-11(8-12)4-3-7-21-14/h5-6,8-9H,2-4,7,10H2,1H3,(H2,18,19,20). The van der Waals surface area contributed by atoms with E-state index in [0.29, 0.717) is 6.54 Å². The maximum absolute atomic E-state index is 12.0. The molecule has 1 aliphatic rings. The number of urea groups is 1. The summed E-state index contributed by atoms with van der Waals surface area (Å²) in [5.41, 5.74) is 1.94. The molecule has 0 spiro atoms. The van der Waals surface area contributed by atoms with Crippen LogP contribution in [0.2, 0.25) is 0 Å². The molecule has 116 valence electrons. The highest BCUT2D eigenvalue weighted by Gasteiger charge is 2.11. The van der Waals surface area contributed by atoms with Crippen molar-refractivity contribution in [2.75, 3.05) is 11.9 Å². The van der Waals surface area contributed by atoms with E-state index in [0.717, 1.165) is 47.9 Å². The van der Waals surface area contributed by atoms with Crippen LogP contribution in [0.15, 0.2) is 24.4 Å². The average molecular weight is 317 g/mol. The second-order valence-corrected chi connectivity index (χ2v) is 6.36. The fourth-order valence-electron chi connectivity index (χ4n) is 2.36. The molecule has 1 aromatic carbocycles. The van der Waals surface area contributed by atoms with Crippen molar-refractivity contribution in [1.29, 1.82) is 0 Å². The third-order valence-corrected chi connectivity index (χ3v) is 4.66. The van der Waals surface area contributed by atoms with Gasteiger partial charge in [-0.25, -0.2) is 9.78 Å². The lowest BCUT2D eigenvalue weighted by atomic mass is 10.1. The zero-order valence-electron chi connectivity index (χ0n) is 12.5. The molecule has 0 aliphatic carbocycles. The van der Waals surface area contributed by atoms with Crippen molar-refractivity contribution in [3.8, 4) is 5.75 Å². The minimum atomic E-state index is -0.218. The molecule has 0 atom stereocenters. The van der Waals surface area contributed by atoms with Crippen LogP contribution < -0.4 is 15.4 Å². The van der Waals surface area contributed by atoms with Gasteiger partial charge in [-0.15, -0.1) is 11.3 Å². The third-order valence-electron chi connectivity index (χ3n) is 3.52. The lowest BCUT2D eigenvalue weighted by Crippen LogP contribution is -2.28. The summed E-state index contributed by atoms with van der Waals surface area (Å²) >= 11 is 1.63. The van der Waals surface area contributed by atoms with E-state index >= 15 is 0 Å². The summed E-state index contributed by atoms with van der Waals surface area (Å²) in [6.07, 6.45) is 4.85. The zero-order chi connectivity index (χ0) is 15.4. The van der Waals surface area contributed by atoms with Gasteiger partial charge in [0.1, 0.15) is 10.8 Å². The van der Waals surface area contributed by atoms with Crippen molar-refractivity contribution < 1.29 is 9.53 Å². The number of nitrogens with zero attached hydrogens (tertiary/aromatic N) is 1. The van der Waals surface area contributed by atoms with Crippen molar-refractivity contribution in [2.45, 2.75) is 32.7 Å². The zero-order valence-corrected chi connectivity index (χ0v) is 13.3. The number of thiazole rings is 1. The van der Waals surface area contributed by atoms with E-state index in [2.05, 4.69) is 22.5 Å². The molecule has 0 saturated carbocycles. The Kier molecular flexibility index (Phi) is 4.58. The van der Waals surface area contributed by atoms with Gasteiger partial charge in [-0.1, -0.05) is 6.92 Å². The topological polar surface area (TPSA) is 63.2 Å². The number of carbonyl (C=O) groups excluding carboxylic acids is 1. The fraction of sp³-hybridized carbons (Fsp3) is 0.375. The van der Waals surface area contributed by atoms with Crippen molar-refractivity contribution in [3.05, 3.63) is 39.8 Å². The van der Waals surface area contributed by atoms with E-state index in [-0.39, 0.29) is 6.03 Å². The number of benzene rings is 1. The smallest absolute Gasteiger partial charge is 0.319 e. The molecule has 0 unspecified atom stereocenters. The molecule has 22 heavy (non-hydrogen) atoms. The van der Waals surface area contributed by atoms with Crippen LogP contribution in [0.25, 0.3) is 0 Å². The number of nitrogens with one attached hydrogen (secondary N) is 2. The predicted molar refractivity (Wildman–Crippen MR) is 87.6 cm³/mol. The number of hydrogen-bond donors (Lipinski definition) is 2. The third kappa shape index (κ3) is 3.57. The molecule has 0 fully saturated rings. The summed E-state index contributed by atoms with van der Waals surface area (Å²) in [6.45, 7) is 3.32. The van der Waals surface area contributed by atoms with Crippen LogP contribution in [0.5, 0.6) is 5.75 Å². The number of aryl methyl sites for hydroxylation is 2. The molecular weight excluding hydrogens is 298 g/mol. The Balaban J connectivity index is 1.55. The van der Waals surface area contributed by atoms with Gasteiger partial charge in [0.2, 0.25) is 0 Å². The lowest BCUT2D eigenvalue weighted by molar-refractivity contribution is 0.251. The number of rotatable bonds is 4. The monoisotopic (exact) mass is 317 g/mol. The highest BCUT2D eigenvalue weighted by atomic mass is 32.1. The molecular formula is C16H19N3O2S. The van der Waals surface area contributed by atoms with E-state index in [4.69, 9.17) is 4.74 Å². The van der Waals surface area contributed by atoms with E-state index in [1.807, 2.05) is 24.4 Å². The van der Waals surface area contributed by atoms with Crippen molar-refractivity contribution >= 4 is 23.1 Å². The molecule has 1 aromatic heterocycles. The van der Waals surface area contributed by atoms with E-state index in [1.54, 1.807) is 11.3 Å². The molecule has 0 bridgehead atoms. The average Bonchev–Trinajstić information content (AvgIpc) is 3.01. The van der Waals surface area contributed by atoms with Crippen LogP contribution in [0.4, 0.5) is 10.5 Å². The van der Waals surface area contributed by atoms with Gasteiger partial charge in [0, 0.05) is 16.8 Å². The van der Waals surface area contributed by atoms with E-state index in [9.17, 15) is 4.79 Å². The van der Waals surface area contributed by atoms with Crippen molar-refractivity contribution in [2.24, 2.45) is 0 Å². The SMILES string of the molecule is CCc1cnc(CNC(=O)Nc2ccc3c(c2)CCCO3)s1. The molecule has 1 aliphatic heterocycles. The summed E-state index contributed by atoms with van der Waals surface area (Å²) in [5.74, 6) is 0.923. The first kappa shape index (κ1) is 14.8. The van der Waals surface area contributed by atoms with Gasteiger partial charge >= 0.3 is 6.03 Å². The Morgan fingerprint density at radius 2 is 2.36 bits per heavy atom.